The monoisotopic (exact) mass is 250 g/mol. The van der Waals surface area contributed by atoms with Crippen LogP contribution in [0, 0.1) is 6.92 Å². The normalized spacial score (nSPS) is 10.6. The molecule has 3 rings (SSSR count). The summed E-state index contributed by atoms with van der Waals surface area (Å²) < 4.78 is 5.91. The predicted molar refractivity (Wildman–Crippen MR) is 77.4 cm³/mol. The van der Waals surface area contributed by atoms with Gasteiger partial charge in [-0.1, -0.05) is 17.7 Å². The molecule has 3 aromatic rings. The molecule has 0 atom stereocenters. The number of ether oxygens (including phenoxy) is 1. The summed E-state index contributed by atoms with van der Waals surface area (Å²) in [7, 11) is 0. The summed E-state index contributed by atoms with van der Waals surface area (Å²) in [5, 5.41) is 1.88. The van der Waals surface area contributed by atoms with E-state index in [1.54, 1.807) is 12.4 Å². The number of nitrogens with two attached hydrogens (primary N) is 1. The van der Waals surface area contributed by atoms with Crippen molar-refractivity contribution in [3.63, 3.8) is 0 Å². The average molecular weight is 250 g/mol. The molecule has 0 saturated carbocycles. The third-order valence-electron chi connectivity index (χ3n) is 3.06. The van der Waals surface area contributed by atoms with Crippen LogP contribution in [0.5, 0.6) is 11.5 Å². The molecule has 3 nitrogen and oxygen atoms in total. The standard InChI is InChI=1S/C16H14N2O/c1-11-2-4-12(5-3-11)19-16-7-6-15(17)13-8-9-18-10-14(13)16/h2-10H,17H2,1H3. The lowest BCUT2D eigenvalue weighted by molar-refractivity contribution is 0.488. The van der Waals surface area contributed by atoms with Crippen molar-refractivity contribution in [3.05, 3.63) is 60.4 Å². The van der Waals surface area contributed by atoms with E-state index < -0.39 is 0 Å². The Balaban J connectivity index is 2.06. The maximum atomic E-state index is 5.96. The highest BCUT2D eigenvalue weighted by molar-refractivity contribution is 5.96. The number of hydrogen-bond acceptors (Lipinski definition) is 3. The fourth-order valence-electron chi connectivity index (χ4n) is 2.01. The fourth-order valence-corrected chi connectivity index (χ4v) is 2.01. The van der Waals surface area contributed by atoms with Gasteiger partial charge in [-0.3, -0.25) is 4.98 Å². The minimum absolute atomic E-state index is 0.730. The molecule has 19 heavy (non-hydrogen) atoms. The second kappa shape index (κ2) is 4.61. The van der Waals surface area contributed by atoms with Crippen molar-refractivity contribution in [2.75, 3.05) is 5.73 Å². The van der Waals surface area contributed by atoms with Gasteiger partial charge in [0, 0.05) is 28.9 Å². The van der Waals surface area contributed by atoms with E-state index in [1.165, 1.54) is 5.56 Å². The van der Waals surface area contributed by atoms with Gasteiger partial charge in [0.2, 0.25) is 0 Å². The van der Waals surface area contributed by atoms with E-state index in [0.29, 0.717) is 0 Å². The molecule has 0 aliphatic heterocycles. The Morgan fingerprint density at radius 1 is 0.947 bits per heavy atom. The van der Waals surface area contributed by atoms with Crippen LogP contribution in [0.1, 0.15) is 5.56 Å². The van der Waals surface area contributed by atoms with Crippen molar-refractivity contribution in [2.45, 2.75) is 6.92 Å². The van der Waals surface area contributed by atoms with E-state index in [2.05, 4.69) is 4.98 Å². The van der Waals surface area contributed by atoms with E-state index in [0.717, 1.165) is 28.0 Å². The van der Waals surface area contributed by atoms with Crippen molar-refractivity contribution in [1.29, 1.82) is 0 Å². The number of anilines is 1. The molecule has 0 bridgehead atoms. The van der Waals surface area contributed by atoms with Crippen LogP contribution >= 0.6 is 0 Å². The molecule has 2 N–H and O–H groups in total. The van der Waals surface area contributed by atoms with E-state index >= 15 is 0 Å². The first-order chi connectivity index (χ1) is 9.24. The van der Waals surface area contributed by atoms with E-state index in [4.69, 9.17) is 10.5 Å². The molecule has 1 heterocycles. The lowest BCUT2D eigenvalue weighted by Crippen LogP contribution is -1.91. The molecular formula is C16H14N2O. The molecule has 94 valence electrons. The van der Waals surface area contributed by atoms with E-state index in [-0.39, 0.29) is 0 Å². The lowest BCUT2D eigenvalue weighted by atomic mass is 10.1. The van der Waals surface area contributed by atoms with Crippen LogP contribution < -0.4 is 10.5 Å². The number of nitrogens with zero attached hydrogens (tertiary/aromatic N) is 1. The van der Waals surface area contributed by atoms with E-state index in [1.807, 2.05) is 49.4 Å². The average Bonchev–Trinajstić information content (AvgIpc) is 2.45. The first-order valence-electron chi connectivity index (χ1n) is 6.11. The quantitative estimate of drug-likeness (QED) is 0.701. The molecule has 0 fully saturated rings. The second-order valence-electron chi connectivity index (χ2n) is 4.49. The maximum absolute atomic E-state index is 5.96. The fraction of sp³-hybridized carbons (Fsp3) is 0.0625. The molecule has 0 aliphatic carbocycles. The van der Waals surface area contributed by atoms with Gasteiger partial charge in [0.05, 0.1) is 0 Å². The van der Waals surface area contributed by atoms with Gasteiger partial charge in [0.15, 0.2) is 0 Å². The molecule has 3 heteroatoms. The molecule has 0 spiro atoms. The first kappa shape index (κ1) is 11.5. The molecule has 0 amide bonds. The molecule has 1 aromatic heterocycles. The Morgan fingerprint density at radius 2 is 1.74 bits per heavy atom. The Labute approximate surface area is 111 Å². The number of fused-ring (bicyclic) bond motifs is 1. The van der Waals surface area contributed by atoms with Crippen molar-refractivity contribution >= 4 is 16.5 Å². The van der Waals surface area contributed by atoms with Gasteiger partial charge >= 0.3 is 0 Å². The number of nitrogen functional groups attached to an aromatic ring is 1. The highest BCUT2D eigenvalue weighted by atomic mass is 16.5. The third kappa shape index (κ3) is 2.22. The Hall–Kier alpha value is -2.55. The summed E-state index contributed by atoms with van der Waals surface area (Å²) in [5.41, 5.74) is 7.89. The maximum Gasteiger partial charge on any atom is 0.136 e. The van der Waals surface area contributed by atoms with Gasteiger partial charge in [-0.2, -0.15) is 0 Å². The van der Waals surface area contributed by atoms with Gasteiger partial charge in [-0.25, -0.2) is 0 Å². The van der Waals surface area contributed by atoms with Crippen LogP contribution in [0.15, 0.2) is 54.9 Å². The summed E-state index contributed by atoms with van der Waals surface area (Å²) in [6, 6.07) is 13.6. The Kier molecular flexibility index (Phi) is 2.80. The van der Waals surface area contributed by atoms with Crippen LogP contribution in [0.3, 0.4) is 0 Å². The van der Waals surface area contributed by atoms with Crippen molar-refractivity contribution < 1.29 is 4.74 Å². The molecule has 0 saturated heterocycles. The van der Waals surface area contributed by atoms with Crippen LogP contribution in [-0.4, -0.2) is 4.98 Å². The van der Waals surface area contributed by atoms with Gasteiger partial charge in [0.25, 0.3) is 0 Å². The third-order valence-corrected chi connectivity index (χ3v) is 3.06. The Morgan fingerprint density at radius 3 is 2.53 bits per heavy atom. The smallest absolute Gasteiger partial charge is 0.136 e. The van der Waals surface area contributed by atoms with Gasteiger partial charge in [0.1, 0.15) is 11.5 Å². The molecule has 0 unspecified atom stereocenters. The zero-order valence-electron chi connectivity index (χ0n) is 10.6. The number of aromatic nitrogens is 1. The predicted octanol–water partition coefficient (Wildman–Crippen LogP) is 3.92. The number of benzene rings is 2. The molecule has 0 aliphatic rings. The Bertz CT molecular complexity index is 720. The van der Waals surface area contributed by atoms with Gasteiger partial charge in [-0.15, -0.1) is 0 Å². The SMILES string of the molecule is Cc1ccc(Oc2ccc(N)c3ccncc23)cc1. The summed E-state index contributed by atoms with van der Waals surface area (Å²) in [5.74, 6) is 1.57. The number of aryl methyl sites for hydroxylation is 1. The zero-order chi connectivity index (χ0) is 13.2. The summed E-state index contributed by atoms with van der Waals surface area (Å²) >= 11 is 0. The van der Waals surface area contributed by atoms with Crippen molar-refractivity contribution in [3.8, 4) is 11.5 Å². The van der Waals surface area contributed by atoms with Crippen LogP contribution in [-0.2, 0) is 0 Å². The second-order valence-corrected chi connectivity index (χ2v) is 4.49. The number of pyridine rings is 1. The highest BCUT2D eigenvalue weighted by Gasteiger charge is 2.06. The largest absolute Gasteiger partial charge is 0.457 e. The number of hydrogen-bond donors (Lipinski definition) is 1. The summed E-state index contributed by atoms with van der Waals surface area (Å²) in [6.07, 6.45) is 3.50. The van der Waals surface area contributed by atoms with Crippen molar-refractivity contribution in [1.82, 2.24) is 4.98 Å². The molecule has 2 aromatic carbocycles. The van der Waals surface area contributed by atoms with Crippen LogP contribution in [0.4, 0.5) is 5.69 Å². The topological polar surface area (TPSA) is 48.1 Å². The van der Waals surface area contributed by atoms with Gasteiger partial charge < -0.3 is 10.5 Å². The zero-order valence-corrected chi connectivity index (χ0v) is 10.6. The van der Waals surface area contributed by atoms with E-state index in [9.17, 15) is 0 Å². The minimum Gasteiger partial charge on any atom is -0.457 e. The van der Waals surface area contributed by atoms with Crippen LogP contribution in [0.2, 0.25) is 0 Å². The summed E-state index contributed by atoms with van der Waals surface area (Å²) in [4.78, 5) is 4.13. The molecule has 0 radical (unpaired) electrons. The molecular weight excluding hydrogens is 236 g/mol. The minimum atomic E-state index is 0.730. The lowest BCUT2D eigenvalue weighted by Gasteiger charge is -2.10. The highest BCUT2D eigenvalue weighted by Crippen LogP contribution is 2.32. The first-order valence-corrected chi connectivity index (χ1v) is 6.11. The number of rotatable bonds is 2. The summed E-state index contributed by atoms with van der Waals surface area (Å²) in [6.45, 7) is 2.05. The van der Waals surface area contributed by atoms with Crippen LogP contribution in [0.25, 0.3) is 10.8 Å². The van der Waals surface area contributed by atoms with Crippen molar-refractivity contribution in [2.24, 2.45) is 0 Å². The van der Waals surface area contributed by atoms with Gasteiger partial charge in [-0.05, 0) is 37.3 Å².